The summed E-state index contributed by atoms with van der Waals surface area (Å²) in [6.07, 6.45) is -20.0. The number of carboxylic acid groups (broad SMARTS) is 1. The first-order valence-corrected chi connectivity index (χ1v) is 14.1. The number of aliphatic hydroxyl groups excluding tert-OH is 8. The van der Waals surface area contributed by atoms with E-state index in [1.165, 1.54) is 0 Å². The predicted molar refractivity (Wildman–Crippen MR) is 143 cm³/mol. The van der Waals surface area contributed by atoms with Crippen LogP contribution in [0.5, 0.6) is 0 Å². The first-order chi connectivity index (χ1) is 21.6. The van der Waals surface area contributed by atoms with Crippen molar-refractivity contribution in [2.75, 3.05) is 19.8 Å². The molecule has 20 heteroatoms. The van der Waals surface area contributed by atoms with E-state index in [0.29, 0.717) is 0 Å². The number of hydrogen-bond acceptors (Lipinski definition) is 18. The largest absolute Gasteiger partial charge is 0.477 e. The van der Waals surface area contributed by atoms with Crippen LogP contribution in [-0.4, -0.2) is 181 Å². The molecule has 16 atom stereocenters. The van der Waals surface area contributed by atoms with E-state index < -0.39 is 129 Å². The molecular formula is C26H41NO19. The number of carbonyl (C=O) groups excluding carboxylic acids is 1. The summed E-state index contributed by atoms with van der Waals surface area (Å²) in [5, 5.41) is 105. The number of terminal acetylenes is 1. The molecule has 3 aliphatic heterocycles. The average Bonchev–Trinajstić information content (AvgIpc) is 3.00. The number of rotatable bonds is 13. The minimum absolute atomic E-state index is 0.311. The molecule has 0 radical (unpaired) electrons. The van der Waals surface area contributed by atoms with E-state index in [2.05, 4.69) is 16.1 Å². The summed E-state index contributed by atoms with van der Waals surface area (Å²) in [7, 11) is 0. The molecule has 3 fully saturated rings. The van der Waals surface area contributed by atoms with E-state index in [1.807, 2.05) is 0 Å². The van der Waals surface area contributed by atoms with Crippen molar-refractivity contribution in [3.8, 4) is 12.3 Å². The van der Waals surface area contributed by atoms with Crippen molar-refractivity contribution in [2.45, 2.75) is 118 Å². The second kappa shape index (κ2) is 16.3. The van der Waals surface area contributed by atoms with Gasteiger partial charge in [0.15, 0.2) is 12.6 Å². The van der Waals surface area contributed by atoms with Crippen LogP contribution >= 0.6 is 0 Å². The average molecular weight is 672 g/mol. The van der Waals surface area contributed by atoms with Gasteiger partial charge in [0.25, 0.3) is 5.79 Å². The minimum Gasteiger partial charge on any atom is -0.477 e. The normalized spacial score (nSPS) is 42.9. The number of carbonyl (C=O) groups is 2. The Morgan fingerprint density at radius 3 is 2.20 bits per heavy atom. The summed E-state index contributed by atoms with van der Waals surface area (Å²) < 4.78 is 32.7. The van der Waals surface area contributed by atoms with Gasteiger partial charge in [-0.05, 0) is 6.92 Å². The van der Waals surface area contributed by atoms with Gasteiger partial charge < -0.3 is 79.7 Å². The lowest BCUT2D eigenvalue weighted by molar-refractivity contribution is -0.376. The molecule has 0 aliphatic carbocycles. The second-order valence-electron chi connectivity index (χ2n) is 11.1. The van der Waals surface area contributed by atoms with Gasteiger partial charge in [-0.1, -0.05) is 5.92 Å². The fraction of sp³-hybridized carbons (Fsp3) is 0.846. The molecule has 0 aromatic carbocycles. The van der Waals surface area contributed by atoms with Gasteiger partial charge in [-0.15, -0.1) is 6.42 Å². The van der Waals surface area contributed by atoms with Crippen molar-refractivity contribution in [3.63, 3.8) is 0 Å². The van der Waals surface area contributed by atoms with Gasteiger partial charge >= 0.3 is 5.97 Å². The molecule has 3 saturated heterocycles. The van der Waals surface area contributed by atoms with Gasteiger partial charge in [0.2, 0.25) is 5.91 Å². The highest BCUT2D eigenvalue weighted by Gasteiger charge is 2.57. The zero-order valence-electron chi connectivity index (χ0n) is 24.7. The van der Waals surface area contributed by atoms with Crippen LogP contribution in [0.1, 0.15) is 20.3 Å². The van der Waals surface area contributed by atoms with Crippen LogP contribution in [0.15, 0.2) is 0 Å². The molecule has 11 N–H and O–H groups in total. The molecule has 0 aromatic rings. The van der Waals surface area contributed by atoms with Crippen LogP contribution in [0.25, 0.3) is 0 Å². The summed E-state index contributed by atoms with van der Waals surface area (Å²) in [6, 6.07) is -1.40. The van der Waals surface area contributed by atoms with Crippen LogP contribution in [-0.2, 0) is 42.9 Å². The van der Waals surface area contributed by atoms with Crippen molar-refractivity contribution in [1.82, 2.24) is 5.32 Å². The first-order valence-electron chi connectivity index (χ1n) is 14.1. The molecule has 20 nitrogen and oxygen atoms in total. The molecule has 3 aliphatic rings. The van der Waals surface area contributed by atoms with Gasteiger partial charge in [0.1, 0.15) is 67.6 Å². The highest BCUT2D eigenvalue weighted by Crippen LogP contribution is 2.36. The maximum atomic E-state index is 12.5. The zero-order chi connectivity index (χ0) is 34.5. The Morgan fingerprint density at radius 2 is 1.65 bits per heavy atom. The lowest BCUT2D eigenvalue weighted by atomic mass is 9.88. The van der Waals surface area contributed by atoms with E-state index in [0.717, 1.165) is 13.8 Å². The van der Waals surface area contributed by atoms with Gasteiger partial charge in [0.05, 0.1) is 31.5 Å². The Morgan fingerprint density at radius 1 is 1.02 bits per heavy atom. The Kier molecular flexibility index (Phi) is 13.6. The molecule has 0 bridgehead atoms. The van der Waals surface area contributed by atoms with E-state index in [4.69, 9.17) is 34.8 Å². The smallest absolute Gasteiger partial charge is 0.364 e. The molecule has 3 rings (SSSR count). The molecule has 9 unspecified atom stereocenters. The third-order valence-electron chi connectivity index (χ3n) is 7.78. The number of aliphatic hydroxyl groups is 8. The zero-order valence-corrected chi connectivity index (χ0v) is 24.7. The lowest BCUT2D eigenvalue weighted by Crippen LogP contribution is -2.68. The summed E-state index contributed by atoms with van der Waals surface area (Å²) in [5.41, 5.74) is 0. The van der Waals surface area contributed by atoms with Crippen molar-refractivity contribution in [2.24, 2.45) is 0 Å². The van der Waals surface area contributed by atoms with Gasteiger partial charge in [-0.3, -0.25) is 10.1 Å². The number of aliphatic carboxylic acids is 1. The summed E-state index contributed by atoms with van der Waals surface area (Å²) in [6.45, 7) is 0.200. The van der Waals surface area contributed by atoms with Crippen LogP contribution in [0.2, 0.25) is 0 Å². The predicted octanol–water partition coefficient (Wildman–Crippen LogP) is -6.04. The molecule has 1 amide bonds. The van der Waals surface area contributed by atoms with E-state index in [-0.39, 0.29) is 6.61 Å². The summed E-state index contributed by atoms with van der Waals surface area (Å²) in [5.74, 6) is -3.15. The fourth-order valence-corrected chi connectivity index (χ4v) is 5.39. The third kappa shape index (κ3) is 8.28. The fourth-order valence-electron chi connectivity index (χ4n) is 5.39. The highest BCUT2D eigenvalue weighted by molar-refractivity contribution is 5.76. The van der Waals surface area contributed by atoms with Crippen molar-refractivity contribution >= 4 is 11.9 Å². The van der Waals surface area contributed by atoms with Crippen molar-refractivity contribution < 1.29 is 94.1 Å². The number of nitrogens with one attached hydrogen (secondary N) is 1. The molecule has 3 heterocycles. The van der Waals surface area contributed by atoms with E-state index in [9.17, 15) is 60.8 Å². The van der Waals surface area contributed by atoms with E-state index >= 15 is 0 Å². The topological polar surface area (TPSA) is 313 Å². The summed E-state index contributed by atoms with van der Waals surface area (Å²) >= 11 is 0. The maximum Gasteiger partial charge on any atom is 0.364 e. The number of carboxylic acids is 1. The quantitative estimate of drug-likeness (QED) is 0.0493. The van der Waals surface area contributed by atoms with Crippen LogP contribution in [0.3, 0.4) is 0 Å². The molecule has 0 aromatic heterocycles. The van der Waals surface area contributed by atoms with Gasteiger partial charge in [0, 0.05) is 13.3 Å². The first kappa shape index (κ1) is 38.3. The summed E-state index contributed by atoms with van der Waals surface area (Å²) in [4.78, 5) is 28.5. The van der Waals surface area contributed by atoms with Crippen LogP contribution in [0, 0.1) is 12.3 Å². The van der Waals surface area contributed by atoms with Gasteiger partial charge in [-0.2, -0.15) is 0 Å². The third-order valence-corrected chi connectivity index (χ3v) is 7.78. The van der Waals surface area contributed by atoms with Crippen LogP contribution in [0.4, 0.5) is 0 Å². The van der Waals surface area contributed by atoms with Crippen molar-refractivity contribution in [1.29, 1.82) is 0 Å². The Balaban J connectivity index is 1.81. The second-order valence-corrected chi connectivity index (χ2v) is 11.1. The monoisotopic (exact) mass is 671 g/mol. The maximum absolute atomic E-state index is 12.5. The number of amides is 1. The number of ether oxygens (including phenoxy) is 6. The molecule has 46 heavy (non-hydrogen) atoms. The Hall–Kier alpha value is -2.14. The minimum atomic E-state index is -2.78. The highest BCUT2D eigenvalue weighted by atomic mass is 17.1. The molecular weight excluding hydrogens is 630 g/mol. The Bertz CT molecular complexity index is 1060. The van der Waals surface area contributed by atoms with E-state index in [1.54, 1.807) is 0 Å². The lowest BCUT2D eigenvalue weighted by Gasteiger charge is -2.48. The van der Waals surface area contributed by atoms with Crippen molar-refractivity contribution in [3.05, 3.63) is 0 Å². The standard InChI is InChI=1S/C26H41NO19/c1-4-5-40-23-19(36)17(34)21(12(7-28)42-23)44-24-18(35)16(33)15(32)13(43-24)8-41-26(25(37)38)6-11(31)14(27-10(3)30)22(45-26)20(46-39)9(2)29/h1,9,11-24,28-29,31-36,39H,5-8H2,2-3H3,(H,27,30)(H,37,38)/t9-,11?,12?,13?,14?,15+,16?,17?,18?,19?,20-,21-,22?,23-,24+,26-/m1/s1. The molecule has 0 spiro atoms. The molecule has 264 valence electrons. The van der Waals surface area contributed by atoms with Crippen LogP contribution < -0.4 is 5.32 Å². The Labute approximate surface area is 261 Å². The SMILES string of the molecule is C#CCO[C@@H]1OC(CO)[C@@H](O[C@@H]2OC(CO[C@]3(C(=O)O)CC(O)C(NC(C)=O)C([C@H](OO)[C@@H](C)O)O3)[C@H](O)C(O)C2O)C(O)C1O. The molecule has 0 saturated carbocycles. The van der Waals surface area contributed by atoms with Gasteiger partial charge in [-0.25, -0.2) is 9.68 Å². The number of hydrogen-bond donors (Lipinski definition) is 11.